The highest BCUT2D eigenvalue weighted by molar-refractivity contribution is 5.85. The maximum atomic E-state index is 11.7. The lowest BCUT2D eigenvalue weighted by Crippen LogP contribution is -2.52. The molecule has 0 aliphatic rings. The summed E-state index contributed by atoms with van der Waals surface area (Å²) in [4.78, 5) is 11.7. The summed E-state index contributed by atoms with van der Waals surface area (Å²) >= 11 is 0. The first kappa shape index (κ1) is 14.4. The lowest BCUT2D eigenvalue weighted by atomic mass is 9.89. The van der Waals surface area contributed by atoms with Crippen molar-refractivity contribution in [3.8, 4) is 0 Å². The van der Waals surface area contributed by atoms with Crippen molar-refractivity contribution in [2.24, 2.45) is 5.41 Å². The fraction of sp³-hybridized carbons (Fsp3) is 0.909. The van der Waals surface area contributed by atoms with Gasteiger partial charge < -0.3 is 15.7 Å². The van der Waals surface area contributed by atoms with E-state index in [0.717, 1.165) is 0 Å². The summed E-state index contributed by atoms with van der Waals surface area (Å²) in [5.41, 5.74) is -0.608. The summed E-state index contributed by atoms with van der Waals surface area (Å²) in [6.45, 7) is 8.45. The Balaban J connectivity index is 4.11. The average molecular weight is 216 g/mol. The van der Waals surface area contributed by atoms with Crippen molar-refractivity contribution in [1.29, 1.82) is 0 Å². The zero-order valence-electron chi connectivity index (χ0n) is 10.5. The molecule has 0 radical (unpaired) electrons. The Bertz CT molecular complexity index is 213. The van der Waals surface area contributed by atoms with Crippen LogP contribution in [-0.2, 0) is 4.79 Å². The molecule has 4 heteroatoms. The van der Waals surface area contributed by atoms with E-state index in [1.165, 1.54) is 0 Å². The van der Waals surface area contributed by atoms with Gasteiger partial charge in [0.1, 0.15) is 0 Å². The van der Waals surface area contributed by atoms with Crippen molar-refractivity contribution in [3.05, 3.63) is 0 Å². The molecule has 3 N–H and O–H groups in total. The van der Waals surface area contributed by atoms with Crippen LogP contribution in [0, 0.1) is 5.41 Å². The smallest absolute Gasteiger partial charge is 0.239 e. The minimum Gasteiger partial charge on any atom is -0.396 e. The number of aliphatic hydroxyl groups is 1. The first-order chi connectivity index (χ1) is 6.75. The van der Waals surface area contributed by atoms with E-state index in [-0.39, 0.29) is 17.9 Å². The molecule has 0 aromatic rings. The van der Waals surface area contributed by atoms with Gasteiger partial charge in [0.25, 0.3) is 0 Å². The Labute approximate surface area is 92.4 Å². The first-order valence-electron chi connectivity index (χ1n) is 5.33. The third-order valence-electron chi connectivity index (χ3n) is 2.71. The van der Waals surface area contributed by atoms with Gasteiger partial charge in [-0.15, -0.1) is 0 Å². The molecule has 0 aromatic carbocycles. The summed E-state index contributed by atoms with van der Waals surface area (Å²) in [7, 11) is 1.76. The van der Waals surface area contributed by atoms with E-state index in [1.807, 2.05) is 27.7 Å². The van der Waals surface area contributed by atoms with Crippen molar-refractivity contribution in [3.63, 3.8) is 0 Å². The summed E-state index contributed by atoms with van der Waals surface area (Å²) in [6, 6.07) is 0. The second-order valence-electron chi connectivity index (χ2n) is 5.20. The van der Waals surface area contributed by atoms with Gasteiger partial charge in [-0.1, -0.05) is 13.8 Å². The normalized spacial score (nSPS) is 12.7. The van der Waals surface area contributed by atoms with E-state index >= 15 is 0 Å². The highest BCUT2D eigenvalue weighted by Crippen LogP contribution is 2.18. The first-order valence-corrected chi connectivity index (χ1v) is 5.33. The summed E-state index contributed by atoms with van der Waals surface area (Å²) in [5, 5.41) is 14.7. The number of nitrogens with one attached hydrogen (secondary N) is 2. The van der Waals surface area contributed by atoms with E-state index in [9.17, 15) is 4.79 Å². The number of aliphatic hydroxyl groups excluding tert-OH is 1. The van der Waals surface area contributed by atoms with Gasteiger partial charge in [0.2, 0.25) is 5.91 Å². The zero-order valence-corrected chi connectivity index (χ0v) is 10.5. The van der Waals surface area contributed by atoms with Crippen molar-refractivity contribution in [2.75, 3.05) is 20.2 Å². The second kappa shape index (κ2) is 5.47. The van der Waals surface area contributed by atoms with Crippen molar-refractivity contribution >= 4 is 5.91 Å². The Kier molecular flexibility index (Phi) is 5.24. The molecule has 0 atom stereocenters. The van der Waals surface area contributed by atoms with Gasteiger partial charge in [-0.25, -0.2) is 0 Å². The molecule has 15 heavy (non-hydrogen) atoms. The van der Waals surface area contributed by atoms with E-state index in [4.69, 9.17) is 5.11 Å². The van der Waals surface area contributed by atoms with Gasteiger partial charge in [-0.2, -0.15) is 0 Å². The van der Waals surface area contributed by atoms with E-state index in [1.54, 1.807) is 7.05 Å². The molecular weight excluding hydrogens is 192 g/mol. The van der Waals surface area contributed by atoms with Crippen LogP contribution in [0.5, 0.6) is 0 Å². The molecule has 0 bridgehead atoms. The SMILES string of the molecule is CNC(C)(C)C(=O)NCC(C)(C)CCO. The number of likely N-dealkylation sites (N-methyl/N-ethyl adjacent to an activating group) is 1. The minimum atomic E-state index is -0.546. The predicted molar refractivity (Wildman–Crippen MR) is 61.6 cm³/mol. The number of hydrogen-bond donors (Lipinski definition) is 3. The molecule has 0 aromatic heterocycles. The van der Waals surface area contributed by atoms with Crippen molar-refractivity contribution in [1.82, 2.24) is 10.6 Å². The quantitative estimate of drug-likeness (QED) is 0.606. The maximum Gasteiger partial charge on any atom is 0.239 e. The minimum absolute atomic E-state index is 0.0176. The van der Waals surface area contributed by atoms with Gasteiger partial charge in [0.05, 0.1) is 5.54 Å². The number of hydrogen-bond acceptors (Lipinski definition) is 3. The summed E-state index contributed by atoms with van der Waals surface area (Å²) in [5.74, 6) is -0.0176. The molecule has 4 nitrogen and oxygen atoms in total. The van der Waals surface area contributed by atoms with Crippen LogP contribution in [0.25, 0.3) is 0 Å². The van der Waals surface area contributed by atoms with E-state index in [0.29, 0.717) is 13.0 Å². The number of amides is 1. The molecule has 0 unspecified atom stereocenters. The molecule has 0 heterocycles. The number of carbonyl (C=O) groups excluding carboxylic acids is 1. The Hall–Kier alpha value is -0.610. The average Bonchev–Trinajstić information content (AvgIpc) is 2.14. The number of carbonyl (C=O) groups is 1. The number of rotatable bonds is 6. The van der Waals surface area contributed by atoms with Crippen LogP contribution in [0.15, 0.2) is 0 Å². The molecule has 0 aliphatic carbocycles. The van der Waals surface area contributed by atoms with Crippen LogP contribution in [0.1, 0.15) is 34.1 Å². The van der Waals surface area contributed by atoms with Gasteiger partial charge in [0.15, 0.2) is 0 Å². The van der Waals surface area contributed by atoms with Crippen LogP contribution in [0.4, 0.5) is 0 Å². The van der Waals surface area contributed by atoms with E-state index in [2.05, 4.69) is 10.6 Å². The molecule has 0 saturated carbocycles. The zero-order chi connectivity index (χ0) is 12.1. The van der Waals surface area contributed by atoms with Gasteiger partial charge in [-0.3, -0.25) is 4.79 Å². The van der Waals surface area contributed by atoms with Crippen LogP contribution in [0.3, 0.4) is 0 Å². The molecule has 90 valence electrons. The standard InChI is InChI=1S/C11H24N2O2/c1-10(2,6-7-14)8-13-9(15)11(3,4)12-5/h12,14H,6-8H2,1-5H3,(H,13,15). The summed E-state index contributed by atoms with van der Waals surface area (Å²) < 4.78 is 0. The van der Waals surface area contributed by atoms with Crippen molar-refractivity contribution < 1.29 is 9.90 Å². The van der Waals surface area contributed by atoms with Crippen LogP contribution < -0.4 is 10.6 Å². The van der Waals surface area contributed by atoms with Crippen LogP contribution >= 0.6 is 0 Å². The van der Waals surface area contributed by atoms with Gasteiger partial charge in [-0.05, 0) is 32.7 Å². The maximum absolute atomic E-state index is 11.7. The van der Waals surface area contributed by atoms with E-state index < -0.39 is 5.54 Å². The molecule has 1 amide bonds. The molecular formula is C11H24N2O2. The van der Waals surface area contributed by atoms with Gasteiger partial charge >= 0.3 is 0 Å². The predicted octanol–water partition coefficient (Wildman–Crippen LogP) is 0.509. The molecule has 0 aliphatic heterocycles. The highest BCUT2D eigenvalue weighted by Gasteiger charge is 2.27. The van der Waals surface area contributed by atoms with Crippen LogP contribution in [-0.4, -0.2) is 36.8 Å². The summed E-state index contributed by atoms with van der Waals surface area (Å²) in [6.07, 6.45) is 0.688. The fourth-order valence-corrected chi connectivity index (χ4v) is 1.05. The highest BCUT2D eigenvalue weighted by atomic mass is 16.3. The molecule has 0 fully saturated rings. The molecule has 0 spiro atoms. The second-order valence-corrected chi connectivity index (χ2v) is 5.20. The molecule has 0 rings (SSSR count). The van der Waals surface area contributed by atoms with Crippen LogP contribution in [0.2, 0.25) is 0 Å². The Morgan fingerprint density at radius 2 is 1.80 bits per heavy atom. The largest absolute Gasteiger partial charge is 0.396 e. The monoisotopic (exact) mass is 216 g/mol. The Morgan fingerprint density at radius 1 is 1.27 bits per heavy atom. The fourth-order valence-electron chi connectivity index (χ4n) is 1.05. The molecule has 0 saturated heterocycles. The third-order valence-corrected chi connectivity index (χ3v) is 2.71. The lowest BCUT2D eigenvalue weighted by Gasteiger charge is -2.28. The lowest BCUT2D eigenvalue weighted by molar-refractivity contribution is -0.126. The Morgan fingerprint density at radius 3 is 2.20 bits per heavy atom. The third kappa shape index (κ3) is 5.14. The topological polar surface area (TPSA) is 61.4 Å². The van der Waals surface area contributed by atoms with Gasteiger partial charge in [0, 0.05) is 13.2 Å². The van der Waals surface area contributed by atoms with Crippen molar-refractivity contribution in [2.45, 2.75) is 39.7 Å².